The first-order chi connectivity index (χ1) is 8.99. The predicted octanol–water partition coefficient (Wildman–Crippen LogP) is 4.62. The van der Waals surface area contributed by atoms with Crippen molar-refractivity contribution in [1.82, 2.24) is 0 Å². The van der Waals surface area contributed by atoms with Crippen LogP contribution in [0.2, 0.25) is 0 Å². The topological polar surface area (TPSA) is 26.3 Å². The van der Waals surface area contributed by atoms with Crippen molar-refractivity contribution >= 4 is 17.7 Å². The Morgan fingerprint density at radius 3 is 2.42 bits per heavy atom. The van der Waals surface area contributed by atoms with Crippen molar-refractivity contribution in [2.24, 2.45) is 5.92 Å². The Kier molecular flexibility index (Phi) is 11.4. The highest BCUT2D eigenvalue weighted by atomic mass is 32.2. The second-order valence-electron chi connectivity index (χ2n) is 5.33. The van der Waals surface area contributed by atoms with Crippen molar-refractivity contribution < 1.29 is 13.9 Å². The van der Waals surface area contributed by atoms with E-state index in [0.29, 0.717) is 18.9 Å². The van der Waals surface area contributed by atoms with Crippen LogP contribution < -0.4 is 0 Å². The lowest BCUT2D eigenvalue weighted by atomic mass is 10.1. The smallest absolute Gasteiger partial charge is 0.319 e. The van der Waals surface area contributed by atoms with Gasteiger partial charge in [-0.15, -0.1) is 11.8 Å². The van der Waals surface area contributed by atoms with Gasteiger partial charge in [-0.25, -0.2) is 4.39 Å². The van der Waals surface area contributed by atoms with E-state index in [9.17, 15) is 9.18 Å². The Bertz CT molecular complexity index is 232. The van der Waals surface area contributed by atoms with Crippen LogP contribution >= 0.6 is 11.8 Å². The molecule has 0 aromatic rings. The van der Waals surface area contributed by atoms with Crippen molar-refractivity contribution in [3.05, 3.63) is 0 Å². The van der Waals surface area contributed by atoms with E-state index >= 15 is 0 Å². The molecule has 0 spiro atoms. The summed E-state index contributed by atoms with van der Waals surface area (Å²) in [4.78, 5) is 11.9. The number of ether oxygens (including phenoxy) is 1. The van der Waals surface area contributed by atoms with E-state index in [-0.39, 0.29) is 11.2 Å². The largest absolute Gasteiger partial charge is 0.465 e. The highest BCUT2D eigenvalue weighted by molar-refractivity contribution is 8.00. The fourth-order valence-corrected chi connectivity index (χ4v) is 2.95. The van der Waals surface area contributed by atoms with Crippen molar-refractivity contribution in [2.75, 3.05) is 12.4 Å². The summed E-state index contributed by atoms with van der Waals surface area (Å²) in [7, 11) is 0. The standard InChI is InChI=1S/C15H29FO2S/c1-5-10-18-15(17)14(12(2)3)19-11-8-6-7-9-13(4)16/h12-14H,5-11H2,1-4H3. The van der Waals surface area contributed by atoms with E-state index in [4.69, 9.17) is 4.74 Å². The lowest BCUT2D eigenvalue weighted by molar-refractivity contribution is -0.143. The molecule has 114 valence electrons. The maximum Gasteiger partial charge on any atom is 0.319 e. The SMILES string of the molecule is CCCOC(=O)C(SCCCCCC(C)F)C(C)C. The number of hydrogen-bond acceptors (Lipinski definition) is 3. The minimum absolute atomic E-state index is 0.0633. The first-order valence-corrected chi connectivity index (χ1v) is 8.46. The summed E-state index contributed by atoms with van der Waals surface area (Å²) in [6.45, 7) is 8.21. The minimum Gasteiger partial charge on any atom is -0.465 e. The zero-order valence-corrected chi connectivity index (χ0v) is 13.6. The van der Waals surface area contributed by atoms with Crippen LogP contribution in [0.5, 0.6) is 0 Å². The molecule has 0 fully saturated rings. The molecule has 19 heavy (non-hydrogen) atoms. The van der Waals surface area contributed by atoms with Gasteiger partial charge >= 0.3 is 5.97 Å². The molecule has 0 N–H and O–H groups in total. The summed E-state index contributed by atoms with van der Waals surface area (Å²) in [6, 6.07) is 0. The highest BCUT2D eigenvalue weighted by Crippen LogP contribution is 2.23. The Labute approximate surface area is 121 Å². The van der Waals surface area contributed by atoms with Gasteiger partial charge in [0.1, 0.15) is 5.25 Å². The number of rotatable bonds is 11. The molecule has 0 aliphatic rings. The second kappa shape index (κ2) is 11.6. The summed E-state index contributed by atoms with van der Waals surface area (Å²) >= 11 is 1.68. The number of halogens is 1. The summed E-state index contributed by atoms with van der Waals surface area (Å²) < 4.78 is 17.8. The number of alkyl halides is 1. The van der Waals surface area contributed by atoms with Crippen LogP contribution in [-0.2, 0) is 9.53 Å². The van der Waals surface area contributed by atoms with Gasteiger partial charge in [-0.05, 0) is 37.9 Å². The number of esters is 1. The van der Waals surface area contributed by atoms with Crippen LogP contribution in [0.1, 0.15) is 59.8 Å². The average Bonchev–Trinajstić information content (AvgIpc) is 2.34. The van der Waals surface area contributed by atoms with E-state index < -0.39 is 6.17 Å². The third-order valence-corrected chi connectivity index (χ3v) is 4.45. The molecule has 0 saturated carbocycles. The summed E-state index contributed by atoms with van der Waals surface area (Å²) in [5.41, 5.74) is 0. The zero-order valence-electron chi connectivity index (χ0n) is 12.8. The Morgan fingerprint density at radius 2 is 1.89 bits per heavy atom. The molecule has 0 heterocycles. The molecule has 0 aromatic heterocycles. The molecule has 2 unspecified atom stereocenters. The van der Waals surface area contributed by atoms with E-state index in [1.165, 1.54) is 0 Å². The maximum atomic E-state index is 12.6. The van der Waals surface area contributed by atoms with Gasteiger partial charge in [0, 0.05) is 0 Å². The molecule has 2 nitrogen and oxygen atoms in total. The molecule has 0 aliphatic heterocycles. The van der Waals surface area contributed by atoms with E-state index in [2.05, 4.69) is 13.8 Å². The van der Waals surface area contributed by atoms with Gasteiger partial charge in [-0.3, -0.25) is 4.79 Å². The Hall–Kier alpha value is -0.250. The Balaban J connectivity index is 3.80. The molecule has 0 aromatic carbocycles. The van der Waals surface area contributed by atoms with Crippen molar-refractivity contribution in [1.29, 1.82) is 0 Å². The fourth-order valence-electron chi connectivity index (χ4n) is 1.73. The van der Waals surface area contributed by atoms with E-state index in [1.54, 1.807) is 18.7 Å². The lowest BCUT2D eigenvalue weighted by Crippen LogP contribution is -2.26. The second-order valence-corrected chi connectivity index (χ2v) is 6.58. The third kappa shape index (κ3) is 10.2. The zero-order chi connectivity index (χ0) is 14.7. The van der Waals surface area contributed by atoms with Crippen LogP contribution in [0.4, 0.5) is 4.39 Å². The van der Waals surface area contributed by atoms with E-state index in [1.807, 2.05) is 6.92 Å². The van der Waals surface area contributed by atoms with Gasteiger partial charge in [-0.1, -0.05) is 33.6 Å². The molecule has 2 atom stereocenters. The number of unbranched alkanes of at least 4 members (excludes halogenated alkanes) is 2. The molecule has 0 saturated heterocycles. The third-order valence-electron chi connectivity index (χ3n) is 2.83. The van der Waals surface area contributed by atoms with Crippen LogP contribution in [-0.4, -0.2) is 29.8 Å². The number of carbonyl (C=O) groups is 1. The number of carbonyl (C=O) groups excluding carboxylic acids is 1. The van der Waals surface area contributed by atoms with E-state index in [0.717, 1.165) is 31.4 Å². The summed E-state index contributed by atoms with van der Waals surface area (Å²) in [6.07, 6.45) is 3.84. The average molecular weight is 292 g/mol. The van der Waals surface area contributed by atoms with Gasteiger partial charge in [0.2, 0.25) is 0 Å². The van der Waals surface area contributed by atoms with Gasteiger partial charge in [0.25, 0.3) is 0 Å². The molecular formula is C15H29FO2S. The van der Waals surface area contributed by atoms with Crippen molar-refractivity contribution in [2.45, 2.75) is 71.2 Å². The maximum absolute atomic E-state index is 12.6. The molecule has 0 radical (unpaired) electrons. The van der Waals surface area contributed by atoms with Crippen LogP contribution in [0.3, 0.4) is 0 Å². The van der Waals surface area contributed by atoms with Crippen LogP contribution in [0.15, 0.2) is 0 Å². The summed E-state index contributed by atoms with van der Waals surface area (Å²) in [5, 5.41) is -0.0633. The van der Waals surface area contributed by atoms with Gasteiger partial charge in [-0.2, -0.15) is 0 Å². The minimum atomic E-state index is -0.694. The highest BCUT2D eigenvalue weighted by Gasteiger charge is 2.23. The monoisotopic (exact) mass is 292 g/mol. The molecule has 0 rings (SSSR count). The van der Waals surface area contributed by atoms with Gasteiger partial charge in [0.15, 0.2) is 0 Å². The van der Waals surface area contributed by atoms with Crippen molar-refractivity contribution in [3.63, 3.8) is 0 Å². The van der Waals surface area contributed by atoms with Crippen LogP contribution in [0, 0.1) is 5.92 Å². The predicted molar refractivity (Wildman–Crippen MR) is 81.4 cm³/mol. The van der Waals surface area contributed by atoms with Gasteiger partial charge in [0.05, 0.1) is 12.8 Å². The Morgan fingerprint density at radius 1 is 1.21 bits per heavy atom. The number of hydrogen-bond donors (Lipinski definition) is 0. The normalized spacial score (nSPS) is 14.4. The molecule has 0 amide bonds. The molecule has 4 heteroatoms. The van der Waals surface area contributed by atoms with Crippen LogP contribution in [0.25, 0.3) is 0 Å². The van der Waals surface area contributed by atoms with Gasteiger partial charge < -0.3 is 4.74 Å². The first kappa shape index (κ1) is 18.8. The molecule has 0 bridgehead atoms. The number of thioether (sulfide) groups is 1. The summed E-state index contributed by atoms with van der Waals surface area (Å²) in [5.74, 6) is 1.16. The first-order valence-electron chi connectivity index (χ1n) is 7.41. The quantitative estimate of drug-likeness (QED) is 0.411. The fraction of sp³-hybridized carbons (Fsp3) is 0.933. The lowest BCUT2D eigenvalue weighted by Gasteiger charge is -2.18. The van der Waals surface area contributed by atoms with Crippen molar-refractivity contribution in [3.8, 4) is 0 Å². The molecular weight excluding hydrogens is 263 g/mol. The molecule has 0 aliphatic carbocycles.